The summed E-state index contributed by atoms with van der Waals surface area (Å²) in [6.07, 6.45) is 4.28. The number of hydrogen-bond acceptors (Lipinski definition) is 2. The fourth-order valence-electron chi connectivity index (χ4n) is 3.51. The van der Waals surface area contributed by atoms with Crippen molar-refractivity contribution in [3.05, 3.63) is 34.3 Å². The van der Waals surface area contributed by atoms with E-state index in [2.05, 4.69) is 45.2 Å². The van der Waals surface area contributed by atoms with Gasteiger partial charge in [0.15, 0.2) is 0 Å². The first-order valence-electron chi connectivity index (χ1n) is 8.42. The van der Waals surface area contributed by atoms with E-state index in [-0.39, 0.29) is 5.41 Å². The highest BCUT2D eigenvalue weighted by molar-refractivity contribution is 9.10. The highest BCUT2D eigenvalue weighted by atomic mass is 79.9. The molecule has 0 bridgehead atoms. The number of hydrogen-bond donors (Lipinski definition) is 1. The standard InChI is InChI=1S/C18H25BrN2O/c1-2-20-13-14-7-11-21(12-8-14)17(22)18(9-10-18)15-3-5-16(19)6-4-15/h3-6,14,20H,2,7-13H2,1H3. The Bertz CT molecular complexity index is 516. The Kier molecular flexibility index (Phi) is 4.88. The van der Waals surface area contributed by atoms with Crippen LogP contribution in [0.25, 0.3) is 0 Å². The monoisotopic (exact) mass is 364 g/mol. The average Bonchev–Trinajstić information content (AvgIpc) is 3.35. The molecule has 0 spiro atoms. The van der Waals surface area contributed by atoms with Crippen molar-refractivity contribution in [3.8, 4) is 0 Å². The normalized spacial score (nSPS) is 20.9. The first-order valence-corrected chi connectivity index (χ1v) is 9.21. The second-order valence-corrected chi connectivity index (χ2v) is 7.55. The molecule has 0 radical (unpaired) electrons. The molecule has 1 aromatic rings. The predicted molar refractivity (Wildman–Crippen MR) is 92.9 cm³/mol. The summed E-state index contributed by atoms with van der Waals surface area (Å²) >= 11 is 3.47. The Morgan fingerprint density at radius 1 is 1.27 bits per heavy atom. The summed E-state index contributed by atoms with van der Waals surface area (Å²) in [6.45, 7) is 6.12. The number of carbonyl (C=O) groups is 1. The summed E-state index contributed by atoms with van der Waals surface area (Å²) in [4.78, 5) is 15.1. The van der Waals surface area contributed by atoms with E-state index in [1.165, 1.54) is 5.56 Å². The van der Waals surface area contributed by atoms with Crippen LogP contribution in [0.5, 0.6) is 0 Å². The van der Waals surface area contributed by atoms with Gasteiger partial charge < -0.3 is 10.2 Å². The summed E-state index contributed by atoms with van der Waals surface area (Å²) < 4.78 is 1.07. The SMILES string of the molecule is CCNCC1CCN(C(=O)C2(c3ccc(Br)cc3)CC2)CC1. The third kappa shape index (κ3) is 3.23. The lowest BCUT2D eigenvalue weighted by molar-refractivity contribution is -0.135. The zero-order valence-electron chi connectivity index (χ0n) is 13.3. The molecule has 1 saturated carbocycles. The van der Waals surface area contributed by atoms with Crippen molar-refractivity contribution in [2.45, 2.75) is 38.0 Å². The van der Waals surface area contributed by atoms with Crippen LogP contribution in [0.15, 0.2) is 28.7 Å². The minimum Gasteiger partial charge on any atom is -0.342 e. The molecule has 3 rings (SSSR count). The molecular formula is C18H25BrN2O. The van der Waals surface area contributed by atoms with Crippen LogP contribution in [-0.4, -0.2) is 37.0 Å². The first-order chi connectivity index (χ1) is 10.7. The Morgan fingerprint density at radius 3 is 2.45 bits per heavy atom. The summed E-state index contributed by atoms with van der Waals surface area (Å²) in [6, 6.07) is 8.30. The van der Waals surface area contributed by atoms with Crippen molar-refractivity contribution >= 4 is 21.8 Å². The van der Waals surface area contributed by atoms with Gasteiger partial charge in [0.25, 0.3) is 0 Å². The van der Waals surface area contributed by atoms with Gasteiger partial charge in [0, 0.05) is 17.6 Å². The van der Waals surface area contributed by atoms with Gasteiger partial charge in [0.05, 0.1) is 5.41 Å². The quantitative estimate of drug-likeness (QED) is 0.868. The Hall–Kier alpha value is -0.870. The molecule has 0 atom stereocenters. The molecule has 2 fully saturated rings. The molecule has 0 aromatic heterocycles. The van der Waals surface area contributed by atoms with Crippen molar-refractivity contribution < 1.29 is 4.79 Å². The predicted octanol–water partition coefficient (Wildman–Crippen LogP) is 3.33. The topological polar surface area (TPSA) is 32.3 Å². The summed E-state index contributed by atoms with van der Waals surface area (Å²) in [5.74, 6) is 1.09. The second-order valence-electron chi connectivity index (χ2n) is 6.63. The number of likely N-dealkylation sites (tertiary alicyclic amines) is 1. The number of amides is 1. The van der Waals surface area contributed by atoms with E-state index < -0.39 is 0 Å². The third-order valence-electron chi connectivity index (χ3n) is 5.14. The van der Waals surface area contributed by atoms with Crippen LogP contribution in [0.4, 0.5) is 0 Å². The summed E-state index contributed by atoms with van der Waals surface area (Å²) in [5.41, 5.74) is 0.977. The molecule has 1 amide bonds. The van der Waals surface area contributed by atoms with Crippen LogP contribution >= 0.6 is 15.9 Å². The molecule has 3 nitrogen and oxygen atoms in total. The van der Waals surface area contributed by atoms with E-state index in [0.717, 1.165) is 62.3 Å². The van der Waals surface area contributed by atoms with Gasteiger partial charge in [-0.2, -0.15) is 0 Å². The van der Waals surface area contributed by atoms with Gasteiger partial charge in [-0.15, -0.1) is 0 Å². The van der Waals surface area contributed by atoms with Gasteiger partial charge in [0.1, 0.15) is 0 Å². The average molecular weight is 365 g/mol. The van der Waals surface area contributed by atoms with Gasteiger partial charge in [-0.05, 0) is 62.4 Å². The van der Waals surface area contributed by atoms with Crippen molar-refractivity contribution in [3.63, 3.8) is 0 Å². The van der Waals surface area contributed by atoms with E-state index in [1.54, 1.807) is 0 Å². The molecule has 22 heavy (non-hydrogen) atoms. The smallest absolute Gasteiger partial charge is 0.233 e. The molecule has 1 N–H and O–H groups in total. The molecule has 0 unspecified atom stereocenters. The third-order valence-corrected chi connectivity index (χ3v) is 5.67. The van der Waals surface area contributed by atoms with Crippen LogP contribution < -0.4 is 5.32 Å². The fourth-order valence-corrected chi connectivity index (χ4v) is 3.78. The molecule has 1 heterocycles. The van der Waals surface area contributed by atoms with E-state index in [0.29, 0.717) is 5.91 Å². The molecule has 2 aliphatic rings. The number of carbonyl (C=O) groups excluding carboxylic acids is 1. The Morgan fingerprint density at radius 2 is 1.91 bits per heavy atom. The number of nitrogens with one attached hydrogen (secondary N) is 1. The molecule has 1 aliphatic heterocycles. The number of benzene rings is 1. The largest absolute Gasteiger partial charge is 0.342 e. The van der Waals surface area contributed by atoms with Crippen molar-refractivity contribution in [2.75, 3.05) is 26.2 Å². The van der Waals surface area contributed by atoms with E-state index >= 15 is 0 Å². The van der Waals surface area contributed by atoms with Crippen LogP contribution in [0, 0.1) is 5.92 Å². The highest BCUT2D eigenvalue weighted by Crippen LogP contribution is 2.50. The van der Waals surface area contributed by atoms with Gasteiger partial charge in [-0.1, -0.05) is 35.0 Å². The van der Waals surface area contributed by atoms with Gasteiger partial charge in [0.2, 0.25) is 5.91 Å². The molecule has 1 aliphatic carbocycles. The van der Waals surface area contributed by atoms with Crippen LogP contribution in [0.2, 0.25) is 0 Å². The summed E-state index contributed by atoms with van der Waals surface area (Å²) in [5, 5.41) is 3.43. The Labute approximate surface area is 141 Å². The Balaban J connectivity index is 1.61. The van der Waals surface area contributed by atoms with Gasteiger partial charge in [-0.3, -0.25) is 4.79 Å². The number of nitrogens with zero attached hydrogens (tertiary/aromatic N) is 1. The van der Waals surface area contributed by atoms with Crippen LogP contribution in [0.1, 0.15) is 38.2 Å². The molecule has 120 valence electrons. The molecular weight excluding hydrogens is 340 g/mol. The number of piperidine rings is 1. The fraction of sp³-hybridized carbons (Fsp3) is 0.611. The van der Waals surface area contributed by atoms with Crippen LogP contribution in [-0.2, 0) is 10.2 Å². The van der Waals surface area contributed by atoms with E-state index in [1.807, 2.05) is 12.1 Å². The van der Waals surface area contributed by atoms with E-state index in [9.17, 15) is 4.79 Å². The lowest BCUT2D eigenvalue weighted by atomic mass is 9.91. The molecule has 1 aromatic carbocycles. The van der Waals surface area contributed by atoms with Crippen molar-refractivity contribution in [1.82, 2.24) is 10.2 Å². The number of halogens is 1. The zero-order chi connectivity index (χ0) is 15.6. The highest BCUT2D eigenvalue weighted by Gasteiger charge is 2.53. The first kappa shape index (κ1) is 16.0. The maximum atomic E-state index is 13.0. The molecule has 4 heteroatoms. The lowest BCUT2D eigenvalue weighted by Crippen LogP contribution is -2.45. The van der Waals surface area contributed by atoms with Gasteiger partial charge in [-0.25, -0.2) is 0 Å². The van der Waals surface area contributed by atoms with Crippen molar-refractivity contribution in [1.29, 1.82) is 0 Å². The van der Waals surface area contributed by atoms with Crippen LogP contribution in [0.3, 0.4) is 0 Å². The minimum absolute atomic E-state index is 0.213. The maximum Gasteiger partial charge on any atom is 0.233 e. The molecule has 1 saturated heterocycles. The summed E-state index contributed by atoms with van der Waals surface area (Å²) in [7, 11) is 0. The second kappa shape index (κ2) is 6.71. The maximum absolute atomic E-state index is 13.0. The van der Waals surface area contributed by atoms with Gasteiger partial charge >= 0.3 is 0 Å². The minimum atomic E-state index is -0.213. The van der Waals surface area contributed by atoms with Crippen molar-refractivity contribution in [2.24, 2.45) is 5.92 Å². The number of rotatable bonds is 5. The van der Waals surface area contributed by atoms with E-state index in [4.69, 9.17) is 0 Å². The lowest BCUT2D eigenvalue weighted by Gasteiger charge is -2.34. The zero-order valence-corrected chi connectivity index (χ0v) is 14.9.